The molecule has 0 aromatic heterocycles. The third-order valence-corrected chi connectivity index (χ3v) is 2.07. The summed E-state index contributed by atoms with van der Waals surface area (Å²) >= 11 is 0. The lowest BCUT2D eigenvalue weighted by atomic mass is 10.2. The first-order valence-corrected chi connectivity index (χ1v) is 5.39. The molecule has 0 fully saturated rings. The highest BCUT2D eigenvalue weighted by Gasteiger charge is 2.11. The minimum atomic E-state index is -0.604. The zero-order chi connectivity index (χ0) is 13.5. The molecule has 1 N–H and O–H groups in total. The summed E-state index contributed by atoms with van der Waals surface area (Å²) in [6.45, 7) is 4.98. The summed E-state index contributed by atoms with van der Waals surface area (Å²) in [4.78, 5) is 22.4. The summed E-state index contributed by atoms with van der Waals surface area (Å²) in [5.41, 5.74) is 0.143. The van der Waals surface area contributed by atoms with E-state index in [-0.39, 0.29) is 17.9 Å². The second-order valence-corrected chi connectivity index (χ2v) is 3.59. The van der Waals surface area contributed by atoms with Gasteiger partial charge in [0.2, 0.25) is 5.91 Å². The van der Waals surface area contributed by atoms with Crippen molar-refractivity contribution in [2.24, 2.45) is 0 Å². The van der Waals surface area contributed by atoms with E-state index in [4.69, 9.17) is 4.74 Å². The number of benzene rings is 1. The zero-order valence-electron chi connectivity index (χ0n) is 10.0. The van der Waals surface area contributed by atoms with Gasteiger partial charge in [-0.3, -0.25) is 4.79 Å². The van der Waals surface area contributed by atoms with E-state index >= 15 is 0 Å². The molecule has 1 aromatic carbocycles. The first-order valence-electron chi connectivity index (χ1n) is 5.39. The van der Waals surface area contributed by atoms with Crippen molar-refractivity contribution in [3.8, 4) is 0 Å². The average molecular weight is 251 g/mol. The quantitative estimate of drug-likeness (QED) is 0.497. The Morgan fingerprint density at radius 3 is 2.83 bits per heavy atom. The molecule has 18 heavy (non-hydrogen) atoms. The van der Waals surface area contributed by atoms with Gasteiger partial charge in [-0.25, -0.2) is 9.18 Å². The highest BCUT2D eigenvalue weighted by Crippen LogP contribution is 2.16. The number of amides is 1. The fraction of sp³-hybridized carbons (Fsp3) is 0.231. The Balaban J connectivity index is 2.80. The van der Waals surface area contributed by atoms with E-state index in [1.165, 1.54) is 19.1 Å². The van der Waals surface area contributed by atoms with Gasteiger partial charge in [0.05, 0.1) is 17.9 Å². The first kappa shape index (κ1) is 13.9. The highest BCUT2D eigenvalue weighted by molar-refractivity contribution is 5.93. The van der Waals surface area contributed by atoms with Crippen molar-refractivity contribution in [1.29, 1.82) is 0 Å². The fourth-order valence-electron chi connectivity index (χ4n) is 1.26. The van der Waals surface area contributed by atoms with Gasteiger partial charge in [0.15, 0.2) is 0 Å². The van der Waals surface area contributed by atoms with Crippen LogP contribution in [0.3, 0.4) is 0 Å². The van der Waals surface area contributed by atoms with E-state index in [1.807, 2.05) is 0 Å². The van der Waals surface area contributed by atoms with Crippen molar-refractivity contribution in [2.45, 2.75) is 13.3 Å². The zero-order valence-corrected chi connectivity index (χ0v) is 10.0. The molecule has 0 aliphatic carbocycles. The SMILES string of the molecule is C=CCCOC(=O)c1ccc(F)c(NC(C)=O)c1. The van der Waals surface area contributed by atoms with Crippen molar-refractivity contribution in [3.63, 3.8) is 0 Å². The second-order valence-electron chi connectivity index (χ2n) is 3.59. The maximum atomic E-state index is 13.3. The fourth-order valence-corrected chi connectivity index (χ4v) is 1.26. The maximum absolute atomic E-state index is 13.3. The highest BCUT2D eigenvalue weighted by atomic mass is 19.1. The Bertz CT molecular complexity index is 471. The Kier molecular flexibility index (Phi) is 5.05. The molecule has 1 rings (SSSR count). The summed E-state index contributed by atoms with van der Waals surface area (Å²) in [5.74, 6) is -1.58. The van der Waals surface area contributed by atoms with Crippen LogP contribution in [0.15, 0.2) is 30.9 Å². The molecule has 0 saturated heterocycles. The lowest BCUT2D eigenvalue weighted by molar-refractivity contribution is -0.114. The summed E-state index contributed by atoms with van der Waals surface area (Å²) in [6.07, 6.45) is 2.17. The Morgan fingerprint density at radius 1 is 1.50 bits per heavy atom. The molecular formula is C13H14FNO3. The lowest BCUT2D eigenvalue weighted by Gasteiger charge is -2.07. The Labute approximate surface area is 104 Å². The molecule has 0 unspecified atom stereocenters. The third-order valence-electron chi connectivity index (χ3n) is 2.07. The van der Waals surface area contributed by atoms with Gasteiger partial charge in [0.25, 0.3) is 0 Å². The third kappa shape index (κ3) is 4.01. The average Bonchev–Trinajstić information content (AvgIpc) is 2.31. The predicted molar refractivity (Wildman–Crippen MR) is 65.8 cm³/mol. The van der Waals surface area contributed by atoms with Crippen LogP contribution >= 0.6 is 0 Å². The van der Waals surface area contributed by atoms with Gasteiger partial charge in [0, 0.05) is 6.92 Å². The number of hydrogen-bond acceptors (Lipinski definition) is 3. The van der Waals surface area contributed by atoms with Crippen LogP contribution in [0.2, 0.25) is 0 Å². The van der Waals surface area contributed by atoms with E-state index < -0.39 is 17.7 Å². The monoisotopic (exact) mass is 251 g/mol. The van der Waals surface area contributed by atoms with Crippen LogP contribution in [0.1, 0.15) is 23.7 Å². The first-order chi connectivity index (χ1) is 8.54. The number of carbonyl (C=O) groups is 2. The van der Waals surface area contributed by atoms with Crippen molar-refractivity contribution < 1.29 is 18.7 Å². The molecular weight excluding hydrogens is 237 g/mol. The predicted octanol–water partition coefficient (Wildman–Crippen LogP) is 2.52. The largest absolute Gasteiger partial charge is 0.462 e. The van der Waals surface area contributed by atoms with Gasteiger partial charge in [-0.15, -0.1) is 6.58 Å². The number of halogens is 1. The van der Waals surface area contributed by atoms with E-state index in [2.05, 4.69) is 11.9 Å². The molecule has 0 atom stereocenters. The van der Waals surface area contributed by atoms with Crippen LogP contribution in [-0.2, 0) is 9.53 Å². The molecule has 0 aliphatic rings. The van der Waals surface area contributed by atoms with Gasteiger partial charge < -0.3 is 10.1 Å². The minimum absolute atomic E-state index is 0.0410. The number of ether oxygens (including phenoxy) is 1. The molecule has 5 heteroatoms. The van der Waals surface area contributed by atoms with Gasteiger partial charge >= 0.3 is 5.97 Å². The number of anilines is 1. The van der Waals surface area contributed by atoms with Crippen LogP contribution in [0, 0.1) is 5.82 Å². The maximum Gasteiger partial charge on any atom is 0.338 e. The van der Waals surface area contributed by atoms with Crippen LogP contribution in [-0.4, -0.2) is 18.5 Å². The van der Waals surface area contributed by atoms with Gasteiger partial charge in [-0.05, 0) is 24.6 Å². The molecule has 0 saturated carbocycles. The van der Waals surface area contributed by atoms with E-state index in [0.29, 0.717) is 6.42 Å². The summed E-state index contributed by atoms with van der Waals surface area (Å²) in [5, 5.41) is 2.30. The molecule has 0 aliphatic heterocycles. The summed E-state index contributed by atoms with van der Waals surface area (Å²) < 4.78 is 18.2. The van der Waals surface area contributed by atoms with Gasteiger partial charge in [0.1, 0.15) is 5.82 Å². The molecule has 1 amide bonds. The van der Waals surface area contributed by atoms with Gasteiger partial charge in [-0.1, -0.05) is 6.08 Å². The van der Waals surface area contributed by atoms with E-state index in [9.17, 15) is 14.0 Å². The van der Waals surface area contributed by atoms with Crippen LogP contribution < -0.4 is 5.32 Å². The number of carbonyl (C=O) groups excluding carboxylic acids is 2. The molecule has 96 valence electrons. The molecule has 0 bridgehead atoms. The standard InChI is InChI=1S/C13H14FNO3/c1-3-4-7-18-13(17)10-5-6-11(14)12(8-10)15-9(2)16/h3,5-6,8H,1,4,7H2,2H3,(H,15,16). The molecule has 0 spiro atoms. The summed E-state index contributed by atoms with van der Waals surface area (Å²) in [6, 6.07) is 3.65. The minimum Gasteiger partial charge on any atom is -0.462 e. The Hall–Kier alpha value is -2.17. The van der Waals surface area contributed by atoms with Crippen molar-refractivity contribution in [2.75, 3.05) is 11.9 Å². The van der Waals surface area contributed by atoms with Crippen molar-refractivity contribution in [1.82, 2.24) is 0 Å². The van der Waals surface area contributed by atoms with Crippen LogP contribution in [0.4, 0.5) is 10.1 Å². The van der Waals surface area contributed by atoms with Crippen LogP contribution in [0.25, 0.3) is 0 Å². The number of hydrogen-bond donors (Lipinski definition) is 1. The lowest BCUT2D eigenvalue weighted by Crippen LogP contribution is -2.10. The van der Waals surface area contributed by atoms with E-state index in [1.54, 1.807) is 6.08 Å². The van der Waals surface area contributed by atoms with Crippen LogP contribution in [0.5, 0.6) is 0 Å². The number of esters is 1. The smallest absolute Gasteiger partial charge is 0.338 e. The number of nitrogens with one attached hydrogen (secondary N) is 1. The molecule has 0 radical (unpaired) electrons. The van der Waals surface area contributed by atoms with Crippen molar-refractivity contribution >= 4 is 17.6 Å². The molecule has 1 aromatic rings. The number of rotatable bonds is 5. The normalized spacial score (nSPS) is 9.67. The Morgan fingerprint density at radius 2 is 2.22 bits per heavy atom. The second kappa shape index (κ2) is 6.54. The molecule has 4 nitrogen and oxygen atoms in total. The summed E-state index contributed by atoms with van der Waals surface area (Å²) in [7, 11) is 0. The topological polar surface area (TPSA) is 55.4 Å². The molecule has 0 heterocycles. The van der Waals surface area contributed by atoms with E-state index in [0.717, 1.165) is 6.07 Å². The van der Waals surface area contributed by atoms with Gasteiger partial charge in [-0.2, -0.15) is 0 Å². The van der Waals surface area contributed by atoms with Crippen molar-refractivity contribution in [3.05, 3.63) is 42.2 Å².